The normalized spacial score (nSPS) is 17.5. The summed E-state index contributed by atoms with van der Waals surface area (Å²) in [6, 6.07) is 0. The number of carboxylic acid groups (broad SMARTS) is 1. The minimum atomic E-state index is -4.47. The molecule has 0 heterocycles. The number of carbonyl (C=O) groups is 1. The largest absolute Gasteiger partial charge is 0.480 e. The molecule has 0 radical (unpaired) electrons. The maximum atomic E-state index is 11.8. The summed E-state index contributed by atoms with van der Waals surface area (Å²) in [4.78, 5) is 8.47. The first-order chi connectivity index (χ1) is 4.76. The molecule has 0 spiro atoms. The number of halogens is 4. The van der Waals surface area contributed by atoms with Crippen molar-refractivity contribution in [3.05, 3.63) is 0 Å². The standard InChI is InChI=1S/C5H6BrF3O2/c1-2(5(7,8)9)3(6)4(10)11/h2-3H,1H3,(H,10,11)/t2-,3-/m0/s1. The van der Waals surface area contributed by atoms with Gasteiger partial charge in [-0.05, 0) is 0 Å². The van der Waals surface area contributed by atoms with Crippen LogP contribution in [0.3, 0.4) is 0 Å². The van der Waals surface area contributed by atoms with Crippen LogP contribution in [0.2, 0.25) is 0 Å². The van der Waals surface area contributed by atoms with Crippen molar-refractivity contribution in [3.8, 4) is 0 Å². The van der Waals surface area contributed by atoms with E-state index in [1.165, 1.54) is 0 Å². The van der Waals surface area contributed by atoms with E-state index in [2.05, 4.69) is 15.9 Å². The number of alkyl halides is 4. The molecule has 0 aromatic carbocycles. The average molecular weight is 235 g/mol. The van der Waals surface area contributed by atoms with E-state index in [0.717, 1.165) is 6.92 Å². The van der Waals surface area contributed by atoms with Gasteiger partial charge >= 0.3 is 12.1 Å². The predicted molar refractivity (Wildman–Crippen MR) is 35.6 cm³/mol. The van der Waals surface area contributed by atoms with Gasteiger partial charge in [0.25, 0.3) is 0 Å². The van der Waals surface area contributed by atoms with Crippen LogP contribution in [0.1, 0.15) is 6.92 Å². The van der Waals surface area contributed by atoms with Gasteiger partial charge in [-0.2, -0.15) is 13.2 Å². The Balaban J connectivity index is 4.25. The van der Waals surface area contributed by atoms with Crippen molar-refractivity contribution in [3.63, 3.8) is 0 Å². The quantitative estimate of drug-likeness (QED) is 0.743. The molecule has 0 bridgehead atoms. The fourth-order valence-electron chi connectivity index (χ4n) is 0.380. The molecule has 0 saturated heterocycles. The minimum absolute atomic E-state index is 0.813. The summed E-state index contributed by atoms with van der Waals surface area (Å²) in [6.07, 6.45) is -4.47. The van der Waals surface area contributed by atoms with E-state index in [9.17, 15) is 18.0 Å². The summed E-state index contributed by atoms with van der Waals surface area (Å²) in [7, 11) is 0. The molecule has 0 fully saturated rings. The monoisotopic (exact) mass is 234 g/mol. The van der Waals surface area contributed by atoms with Gasteiger partial charge in [0.2, 0.25) is 0 Å². The van der Waals surface area contributed by atoms with Crippen LogP contribution in [0.15, 0.2) is 0 Å². The molecule has 0 aliphatic heterocycles. The Kier molecular flexibility index (Phi) is 3.34. The Morgan fingerprint density at radius 3 is 2.00 bits per heavy atom. The highest BCUT2D eigenvalue weighted by molar-refractivity contribution is 9.10. The molecule has 66 valence electrons. The van der Waals surface area contributed by atoms with Crippen molar-refractivity contribution >= 4 is 21.9 Å². The Bertz CT molecular complexity index is 156. The van der Waals surface area contributed by atoms with Crippen LogP contribution in [-0.4, -0.2) is 22.1 Å². The molecule has 2 nitrogen and oxygen atoms in total. The Labute approximate surface area is 69.5 Å². The van der Waals surface area contributed by atoms with Crippen molar-refractivity contribution in [2.24, 2.45) is 5.92 Å². The first kappa shape index (κ1) is 10.7. The molecule has 0 aliphatic carbocycles. The molecular formula is C5H6BrF3O2. The van der Waals surface area contributed by atoms with Gasteiger partial charge in [0, 0.05) is 0 Å². The van der Waals surface area contributed by atoms with Crippen molar-refractivity contribution < 1.29 is 23.1 Å². The van der Waals surface area contributed by atoms with Crippen molar-refractivity contribution in [1.29, 1.82) is 0 Å². The van der Waals surface area contributed by atoms with E-state index in [1.54, 1.807) is 0 Å². The maximum absolute atomic E-state index is 11.8. The van der Waals surface area contributed by atoms with Gasteiger partial charge in [-0.1, -0.05) is 22.9 Å². The summed E-state index contributed by atoms with van der Waals surface area (Å²) in [5.74, 6) is -3.38. The van der Waals surface area contributed by atoms with E-state index in [-0.39, 0.29) is 0 Å². The molecule has 2 atom stereocenters. The molecular weight excluding hydrogens is 229 g/mol. The summed E-state index contributed by atoms with van der Waals surface area (Å²) in [6.45, 7) is 0.813. The number of carboxylic acids is 1. The third kappa shape index (κ3) is 3.09. The molecule has 0 aromatic heterocycles. The Hall–Kier alpha value is -0.260. The van der Waals surface area contributed by atoms with Crippen LogP contribution in [0.5, 0.6) is 0 Å². The molecule has 0 aromatic rings. The topological polar surface area (TPSA) is 37.3 Å². The smallest absolute Gasteiger partial charge is 0.393 e. The molecule has 11 heavy (non-hydrogen) atoms. The second-order valence-electron chi connectivity index (χ2n) is 2.07. The van der Waals surface area contributed by atoms with Crippen LogP contribution in [-0.2, 0) is 4.79 Å². The fraction of sp³-hybridized carbons (Fsp3) is 0.800. The number of aliphatic carboxylic acids is 1. The highest BCUT2D eigenvalue weighted by Crippen LogP contribution is 2.31. The third-order valence-corrected chi connectivity index (χ3v) is 2.38. The first-order valence-electron chi connectivity index (χ1n) is 2.70. The average Bonchev–Trinajstić information content (AvgIpc) is 1.82. The van der Waals surface area contributed by atoms with Gasteiger partial charge in [-0.3, -0.25) is 4.79 Å². The zero-order chi connectivity index (χ0) is 9.23. The van der Waals surface area contributed by atoms with E-state index in [4.69, 9.17) is 5.11 Å². The summed E-state index contributed by atoms with van der Waals surface area (Å²) in [5, 5.41) is 8.17. The summed E-state index contributed by atoms with van der Waals surface area (Å²) >= 11 is 2.42. The zero-order valence-corrected chi connectivity index (χ0v) is 7.11. The van der Waals surface area contributed by atoms with Gasteiger partial charge in [-0.15, -0.1) is 0 Å². The van der Waals surface area contributed by atoms with Crippen molar-refractivity contribution in [1.82, 2.24) is 0 Å². The minimum Gasteiger partial charge on any atom is -0.480 e. The molecule has 0 rings (SSSR count). The van der Waals surface area contributed by atoms with Crippen molar-refractivity contribution in [2.75, 3.05) is 0 Å². The highest BCUT2D eigenvalue weighted by atomic mass is 79.9. The molecule has 0 aliphatic rings. The molecule has 0 unspecified atom stereocenters. The number of rotatable bonds is 2. The molecule has 0 amide bonds. The van der Waals surface area contributed by atoms with Crippen LogP contribution in [0.4, 0.5) is 13.2 Å². The Morgan fingerprint density at radius 1 is 1.55 bits per heavy atom. The van der Waals surface area contributed by atoms with Gasteiger partial charge in [-0.25, -0.2) is 0 Å². The third-order valence-electron chi connectivity index (χ3n) is 1.19. The SMILES string of the molecule is C[C@@H]([C@H](Br)C(=O)O)C(F)(F)F. The van der Waals surface area contributed by atoms with Crippen molar-refractivity contribution in [2.45, 2.75) is 17.9 Å². The fourth-order valence-corrected chi connectivity index (χ4v) is 0.680. The zero-order valence-electron chi connectivity index (χ0n) is 5.52. The molecule has 0 saturated carbocycles. The summed E-state index contributed by atoms with van der Waals surface area (Å²) < 4.78 is 35.3. The Morgan fingerprint density at radius 2 is 1.91 bits per heavy atom. The molecule has 1 N–H and O–H groups in total. The lowest BCUT2D eigenvalue weighted by molar-refractivity contribution is -0.176. The first-order valence-corrected chi connectivity index (χ1v) is 3.62. The summed E-state index contributed by atoms with van der Waals surface area (Å²) in [5.41, 5.74) is 0. The molecule has 6 heteroatoms. The van der Waals surface area contributed by atoms with Gasteiger partial charge in [0.15, 0.2) is 0 Å². The van der Waals surface area contributed by atoms with Crippen LogP contribution >= 0.6 is 15.9 Å². The lowest BCUT2D eigenvalue weighted by Crippen LogP contribution is -2.33. The lowest BCUT2D eigenvalue weighted by atomic mass is 10.1. The van der Waals surface area contributed by atoms with Crippen LogP contribution < -0.4 is 0 Å². The maximum Gasteiger partial charge on any atom is 0.393 e. The number of hydrogen-bond acceptors (Lipinski definition) is 1. The van der Waals surface area contributed by atoms with E-state index in [1.807, 2.05) is 0 Å². The van der Waals surface area contributed by atoms with Gasteiger partial charge in [0.1, 0.15) is 4.83 Å². The second-order valence-corrected chi connectivity index (χ2v) is 3.06. The van der Waals surface area contributed by atoms with Crippen LogP contribution in [0, 0.1) is 5.92 Å². The van der Waals surface area contributed by atoms with Crippen LogP contribution in [0.25, 0.3) is 0 Å². The van der Waals surface area contributed by atoms with E-state index in [0.29, 0.717) is 0 Å². The van der Waals surface area contributed by atoms with Gasteiger partial charge < -0.3 is 5.11 Å². The van der Waals surface area contributed by atoms with E-state index < -0.39 is 22.9 Å². The second kappa shape index (κ2) is 3.42. The lowest BCUT2D eigenvalue weighted by Gasteiger charge is -2.17. The predicted octanol–water partition coefficient (Wildman–Crippen LogP) is 2.03. The highest BCUT2D eigenvalue weighted by Gasteiger charge is 2.43. The number of hydrogen-bond donors (Lipinski definition) is 1. The van der Waals surface area contributed by atoms with E-state index >= 15 is 0 Å². The van der Waals surface area contributed by atoms with Gasteiger partial charge in [0.05, 0.1) is 5.92 Å².